The molecule has 0 radical (unpaired) electrons. The highest BCUT2D eigenvalue weighted by Gasteiger charge is 2.37. The van der Waals surface area contributed by atoms with Gasteiger partial charge in [0.1, 0.15) is 12.4 Å². The molecule has 0 bridgehead atoms. The van der Waals surface area contributed by atoms with E-state index in [0.29, 0.717) is 28.9 Å². The molecule has 4 nitrogen and oxygen atoms in total. The largest absolute Gasteiger partial charge is 0.492 e. The summed E-state index contributed by atoms with van der Waals surface area (Å²) in [4.78, 5) is 26.0. The summed E-state index contributed by atoms with van der Waals surface area (Å²) in [7, 11) is 0. The number of carbonyl (C=O) groups is 2. The first-order chi connectivity index (χ1) is 12.2. The normalized spacial score (nSPS) is 14.0. The van der Waals surface area contributed by atoms with E-state index in [0.717, 1.165) is 10.2 Å². The van der Waals surface area contributed by atoms with Gasteiger partial charge in [0, 0.05) is 8.95 Å². The highest BCUT2D eigenvalue weighted by molar-refractivity contribution is 9.11. The Morgan fingerprint density at radius 2 is 1.69 bits per heavy atom. The van der Waals surface area contributed by atoms with Gasteiger partial charge in [0.25, 0.3) is 11.7 Å². The van der Waals surface area contributed by atoms with Crippen molar-refractivity contribution in [2.75, 3.05) is 18.1 Å². The molecule has 1 amide bonds. The zero-order valence-electron chi connectivity index (χ0n) is 14.8. The van der Waals surface area contributed by atoms with Crippen LogP contribution in [0.15, 0.2) is 45.3 Å². The number of fused-ring (bicyclic) bond motifs is 1. The zero-order chi connectivity index (χ0) is 19.1. The van der Waals surface area contributed by atoms with Crippen LogP contribution in [0.25, 0.3) is 0 Å². The average Bonchev–Trinajstić information content (AvgIpc) is 2.80. The highest BCUT2D eigenvalue weighted by Crippen LogP contribution is 2.38. The number of hydrogen-bond donors (Lipinski definition) is 0. The summed E-state index contributed by atoms with van der Waals surface area (Å²) in [5.41, 5.74) is 2.33. The molecule has 1 aliphatic heterocycles. The number of halogens is 2. The molecule has 0 N–H and O–H groups in total. The zero-order valence-corrected chi connectivity index (χ0v) is 18.0. The SMILES string of the molecule is CC(C)(C)c1ccc(OCCN2C(=O)C(=O)c3cc(Br)cc(Br)c32)cc1. The van der Waals surface area contributed by atoms with Gasteiger partial charge in [-0.3, -0.25) is 9.59 Å². The van der Waals surface area contributed by atoms with E-state index in [-0.39, 0.29) is 5.41 Å². The van der Waals surface area contributed by atoms with Gasteiger partial charge in [-0.25, -0.2) is 0 Å². The molecule has 3 rings (SSSR count). The van der Waals surface area contributed by atoms with E-state index in [1.807, 2.05) is 30.3 Å². The van der Waals surface area contributed by atoms with Crippen LogP contribution in [-0.2, 0) is 10.2 Å². The molecule has 0 fully saturated rings. The molecule has 0 saturated carbocycles. The van der Waals surface area contributed by atoms with Crippen LogP contribution < -0.4 is 9.64 Å². The van der Waals surface area contributed by atoms with E-state index in [9.17, 15) is 9.59 Å². The number of Topliss-reactive ketones (excluding diaryl/α,β-unsaturated/α-hetero) is 1. The lowest BCUT2D eigenvalue weighted by Gasteiger charge is -2.20. The Bertz CT molecular complexity index is 870. The lowest BCUT2D eigenvalue weighted by atomic mass is 9.87. The predicted molar refractivity (Wildman–Crippen MR) is 109 cm³/mol. The van der Waals surface area contributed by atoms with Crippen molar-refractivity contribution in [2.45, 2.75) is 26.2 Å². The molecule has 0 spiro atoms. The maximum atomic E-state index is 12.3. The first-order valence-corrected chi connectivity index (χ1v) is 9.85. The van der Waals surface area contributed by atoms with E-state index in [1.54, 1.807) is 6.07 Å². The number of benzene rings is 2. The number of amides is 1. The van der Waals surface area contributed by atoms with Crippen molar-refractivity contribution in [1.82, 2.24) is 0 Å². The van der Waals surface area contributed by atoms with E-state index < -0.39 is 11.7 Å². The second kappa shape index (κ2) is 7.16. The molecular weight excluding hydrogens is 462 g/mol. The van der Waals surface area contributed by atoms with Gasteiger partial charge in [0.2, 0.25) is 0 Å². The first kappa shape index (κ1) is 19.1. The van der Waals surface area contributed by atoms with Crippen LogP contribution in [0.1, 0.15) is 36.7 Å². The first-order valence-electron chi connectivity index (χ1n) is 8.27. The Morgan fingerprint density at radius 1 is 1.04 bits per heavy atom. The van der Waals surface area contributed by atoms with E-state index in [2.05, 4.69) is 52.6 Å². The highest BCUT2D eigenvalue weighted by atomic mass is 79.9. The molecular formula is C20H19Br2NO3. The molecule has 0 aliphatic carbocycles. The smallest absolute Gasteiger partial charge is 0.299 e. The molecule has 2 aromatic carbocycles. The summed E-state index contributed by atoms with van der Waals surface area (Å²) < 4.78 is 7.22. The molecule has 0 aromatic heterocycles. The standard InChI is InChI=1S/C20H19Br2NO3/c1-20(2,3)12-4-6-14(7-5-12)26-9-8-23-17-15(18(24)19(23)25)10-13(21)11-16(17)22/h4-7,10-11H,8-9H2,1-3H3. The second-order valence-corrected chi connectivity index (χ2v) is 8.96. The number of ether oxygens (including phenoxy) is 1. The fourth-order valence-corrected chi connectivity index (χ4v) is 4.31. The van der Waals surface area contributed by atoms with Crippen molar-refractivity contribution in [3.8, 4) is 5.75 Å². The summed E-state index contributed by atoms with van der Waals surface area (Å²) in [6, 6.07) is 11.4. The molecule has 0 atom stereocenters. The number of hydrogen-bond acceptors (Lipinski definition) is 3. The van der Waals surface area contributed by atoms with Crippen molar-refractivity contribution >= 4 is 49.2 Å². The second-order valence-electron chi connectivity index (χ2n) is 7.19. The maximum Gasteiger partial charge on any atom is 0.299 e. The summed E-state index contributed by atoms with van der Waals surface area (Å²) in [6.07, 6.45) is 0. The number of rotatable bonds is 4. The summed E-state index contributed by atoms with van der Waals surface area (Å²) in [6.45, 7) is 7.08. The van der Waals surface area contributed by atoms with Gasteiger partial charge in [-0.1, -0.05) is 48.8 Å². The Balaban J connectivity index is 1.70. The minimum absolute atomic E-state index is 0.0884. The van der Waals surface area contributed by atoms with Crippen LogP contribution in [0, 0.1) is 0 Å². The van der Waals surface area contributed by atoms with Crippen molar-refractivity contribution < 1.29 is 14.3 Å². The summed E-state index contributed by atoms with van der Waals surface area (Å²) in [5, 5.41) is 0. The Kier molecular flexibility index (Phi) is 5.26. The predicted octanol–water partition coefficient (Wildman–Crippen LogP) is 5.12. The molecule has 1 heterocycles. The quantitative estimate of drug-likeness (QED) is 0.570. The molecule has 0 unspecified atom stereocenters. The van der Waals surface area contributed by atoms with Gasteiger partial charge in [-0.15, -0.1) is 0 Å². The van der Waals surface area contributed by atoms with Crippen LogP contribution in [0.3, 0.4) is 0 Å². The van der Waals surface area contributed by atoms with Gasteiger partial charge in [0.05, 0.1) is 17.8 Å². The van der Waals surface area contributed by atoms with Crippen molar-refractivity contribution in [1.29, 1.82) is 0 Å². The van der Waals surface area contributed by atoms with Crippen LogP contribution in [-0.4, -0.2) is 24.8 Å². The lowest BCUT2D eigenvalue weighted by Crippen LogP contribution is -2.33. The lowest BCUT2D eigenvalue weighted by molar-refractivity contribution is -0.114. The molecule has 2 aromatic rings. The molecule has 136 valence electrons. The van der Waals surface area contributed by atoms with Gasteiger partial charge in [-0.2, -0.15) is 0 Å². The average molecular weight is 481 g/mol. The third-order valence-electron chi connectivity index (χ3n) is 4.29. The Labute approximate surface area is 169 Å². The summed E-state index contributed by atoms with van der Waals surface area (Å²) >= 11 is 6.79. The van der Waals surface area contributed by atoms with Gasteiger partial charge in [-0.05, 0) is 51.2 Å². The number of anilines is 1. The maximum absolute atomic E-state index is 12.3. The third kappa shape index (κ3) is 3.71. The molecule has 1 aliphatic rings. The van der Waals surface area contributed by atoms with Crippen LogP contribution in [0.5, 0.6) is 5.75 Å². The van der Waals surface area contributed by atoms with Crippen molar-refractivity contribution in [3.63, 3.8) is 0 Å². The Hall–Kier alpha value is -1.66. The minimum atomic E-state index is -0.523. The number of carbonyl (C=O) groups excluding carboxylic acids is 2. The van der Waals surface area contributed by atoms with Crippen LogP contribution in [0.4, 0.5) is 5.69 Å². The molecule has 0 saturated heterocycles. The topological polar surface area (TPSA) is 46.6 Å². The van der Waals surface area contributed by atoms with Gasteiger partial charge in [0.15, 0.2) is 0 Å². The van der Waals surface area contributed by atoms with E-state index >= 15 is 0 Å². The minimum Gasteiger partial charge on any atom is -0.492 e. The fourth-order valence-electron chi connectivity index (χ4n) is 2.87. The monoisotopic (exact) mass is 479 g/mol. The number of nitrogens with zero attached hydrogens (tertiary/aromatic N) is 1. The van der Waals surface area contributed by atoms with Crippen molar-refractivity contribution in [3.05, 3.63) is 56.5 Å². The van der Waals surface area contributed by atoms with E-state index in [4.69, 9.17) is 4.74 Å². The van der Waals surface area contributed by atoms with Crippen LogP contribution in [0.2, 0.25) is 0 Å². The molecule has 6 heteroatoms. The summed E-state index contributed by atoms with van der Waals surface area (Å²) in [5.74, 6) is -0.270. The Morgan fingerprint density at radius 3 is 2.31 bits per heavy atom. The van der Waals surface area contributed by atoms with Crippen LogP contribution >= 0.6 is 31.9 Å². The number of ketones is 1. The third-order valence-corrected chi connectivity index (χ3v) is 5.35. The van der Waals surface area contributed by atoms with Crippen molar-refractivity contribution in [2.24, 2.45) is 0 Å². The van der Waals surface area contributed by atoms with Gasteiger partial charge < -0.3 is 9.64 Å². The van der Waals surface area contributed by atoms with Gasteiger partial charge >= 0.3 is 0 Å². The van der Waals surface area contributed by atoms with E-state index in [1.165, 1.54) is 10.5 Å². The molecule has 26 heavy (non-hydrogen) atoms. The fraction of sp³-hybridized carbons (Fsp3) is 0.300.